The Labute approximate surface area is 127 Å². The van der Waals surface area contributed by atoms with Crippen molar-refractivity contribution in [3.63, 3.8) is 0 Å². The maximum absolute atomic E-state index is 5.30. The highest BCUT2D eigenvalue weighted by Gasteiger charge is 2.30. The van der Waals surface area contributed by atoms with E-state index >= 15 is 0 Å². The predicted molar refractivity (Wildman–Crippen MR) is 81.7 cm³/mol. The van der Waals surface area contributed by atoms with Gasteiger partial charge in [0.15, 0.2) is 5.82 Å². The third-order valence-electron chi connectivity index (χ3n) is 4.74. The second-order valence-electron chi connectivity index (χ2n) is 6.74. The van der Waals surface area contributed by atoms with Gasteiger partial charge < -0.3 is 14.6 Å². The molecule has 2 rings (SSSR count). The van der Waals surface area contributed by atoms with Gasteiger partial charge in [-0.05, 0) is 37.5 Å². The highest BCUT2D eigenvalue weighted by molar-refractivity contribution is 4.91. The SMILES string of the molecule is CO[C@H](C)c1noc(CN[C@@H]2C[C@@H](C)CC[C@@H]2C(C)C)n1. The van der Waals surface area contributed by atoms with Crippen molar-refractivity contribution >= 4 is 0 Å². The molecule has 1 aromatic rings. The number of ether oxygens (including phenoxy) is 1. The van der Waals surface area contributed by atoms with Crippen molar-refractivity contribution in [3.05, 3.63) is 11.7 Å². The van der Waals surface area contributed by atoms with E-state index < -0.39 is 0 Å². The van der Waals surface area contributed by atoms with Crippen molar-refractivity contribution in [1.29, 1.82) is 0 Å². The molecule has 5 nitrogen and oxygen atoms in total. The van der Waals surface area contributed by atoms with Gasteiger partial charge in [-0.25, -0.2) is 0 Å². The average molecular weight is 295 g/mol. The molecule has 21 heavy (non-hydrogen) atoms. The zero-order valence-corrected chi connectivity index (χ0v) is 13.9. The zero-order chi connectivity index (χ0) is 15.4. The van der Waals surface area contributed by atoms with Gasteiger partial charge >= 0.3 is 0 Å². The molecule has 0 aliphatic heterocycles. The van der Waals surface area contributed by atoms with Crippen LogP contribution in [-0.4, -0.2) is 23.3 Å². The van der Waals surface area contributed by atoms with Crippen LogP contribution in [0.5, 0.6) is 0 Å². The summed E-state index contributed by atoms with van der Waals surface area (Å²) in [5, 5.41) is 7.60. The highest BCUT2D eigenvalue weighted by atomic mass is 16.5. The van der Waals surface area contributed by atoms with Gasteiger partial charge in [-0.15, -0.1) is 0 Å². The van der Waals surface area contributed by atoms with Crippen molar-refractivity contribution in [2.45, 2.75) is 65.6 Å². The molecule has 0 bridgehead atoms. The lowest BCUT2D eigenvalue weighted by molar-refractivity contribution is 0.109. The van der Waals surface area contributed by atoms with Crippen LogP contribution in [-0.2, 0) is 11.3 Å². The first-order valence-electron chi connectivity index (χ1n) is 8.09. The van der Waals surface area contributed by atoms with Crippen LogP contribution in [0.4, 0.5) is 0 Å². The molecule has 1 aromatic heterocycles. The van der Waals surface area contributed by atoms with Crippen LogP contribution in [0, 0.1) is 17.8 Å². The summed E-state index contributed by atoms with van der Waals surface area (Å²) in [6, 6.07) is 0.545. The molecule has 1 N–H and O–H groups in total. The van der Waals surface area contributed by atoms with Gasteiger partial charge in [-0.2, -0.15) is 4.98 Å². The monoisotopic (exact) mass is 295 g/mol. The molecule has 1 aliphatic carbocycles. The Balaban J connectivity index is 1.92. The first-order chi connectivity index (χ1) is 10.0. The molecular formula is C16H29N3O2. The van der Waals surface area contributed by atoms with Crippen molar-refractivity contribution in [1.82, 2.24) is 15.5 Å². The van der Waals surface area contributed by atoms with E-state index in [1.54, 1.807) is 7.11 Å². The number of nitrogens with one attached hydrogen (secondary N) is 1. The lowest BCUT2D eigenvalue weighted by atomic mass is 9.74. The molecule has 1 aliphatic rings. The Hall–Kier alpha value is -0.940. The van der Waals surface area contributed by atoms with E-state index in [-0.39, 0.29) is 6.10 Å². The van der Waals surface area contributed by atoms with Gasteiger partial charge in [0.2, 0.25) is 5.89 Å². The fourth-order valence-corrected chi connectivity index (χ4v) is 3.27. The highest BCUT2D eigenvalue weighted by Crippen LogP contribution is 2.33. The van der Waals surface area contributed by atoms with Crippen LogP contribution >= 0.6 is 0 Å². The summed E-state index contributed by atoms with van der Waals surface area (Å²) in [5.41, 5.74) is 0. The molecule has 120 valence electrons. The molecule has 0 unspecified atom stereocenters. The lowest BCUT2D eigenvalue weighted by Crippen LogP contribution is -2.42. The first kappa shape index (κ1) is 16.4. The maximum Gasteiger partial charge on any atom is 0.240 e. The number of hydrogen-bond acceptors (Lipinski definition) is 5. The third-order valence-corrected chi connectivity index (χ3v) is 4.74. The molecule has 4 atom stereocenters. The summed E-state index contributed by atoms with van der Waals surface area (Å²) in [7, 11) is 1.65. The Morgan fingerprint density at radius 1 is 1.33 bits per heavy atom. The van der Waals surface area contributed by atoms with Gasteiger partial charge in [0.25, 0.3) is 0 Å². The van der Waals surface area contributed by atoms with Crippen molar-refractivity contribution < 1.29 is 9.26 Å². The summed E-state index contributed by atoms with van der Waals surface area (Å²) in [5.74, 6) is 3.51. The predicted octanol–water partition coefficient (Wildman–Crippen LogP) is 3.33. The molecule has 1 heterocycles. The van der Waals surface area contributed by atoms with E-state index in [1.807, 2.05) is 6.92 Å². The number of hydrogen-bond donors (Lipinski definition) is 1. The fraction of sp³-hybridized carbons (Fsp3) is 0.875. The van der Waals surface area contributed by atoms with Crippen molar-refractivity contribution in [2.75, 3.05) is 7.11 Å². The summed E-state index contributed by atoms with van der Waals surface area (Å²) < 4.78 is 10.5. The van der Waals surface area contributed by atoms with E-state index in [4.69, 9.17) is 9.26 Å². The lowest BCUT2D eigenvalue weighted by Gasteiger charge is -2.37. The quantitative estimate of drug-likeness (QED) is 0.872. The largest absolute Gasteiger partial charge is 0.374 e. The van der Waals surface area contributed by atoms with Gasteiger partial charge in [0.05, 0.1) is 6.54 Å². The molecule has 5 heteroatoms. The van der Waals surface area contributed by atoms with E-state index in [2.05, 4.69) is 36.2 Å². The van der Waals surface area contributed by atoms with Gasteiger partial charge in [-0.3, -0.25) is 0 Å². The summed E-state index contributed by atoms with van der Waals surface area (Å²) >= 11 is 0. The van der Waals surface area contributed by atoms with Crippen molar-refractivity contribution in [3.8, 4) is 0 Å². The fourth-order valence-electron chi connectivity index (χ4n) is 3.27. The van der Waals surface area contributed by atoms with Gasteiger partial charge in [-0.1, -0.05) is 32.3 Å². The Morgan fingerprint density at radius 2 is 2.10 bits per heavy atom. The molecule has 0 aromatic carbocycles. The molecule has 0 amide bonds. The number of aromatic nitrogens is 2. The average Bonchev–Trinajstić information content (AvgIpc) is 2.93. The van der Waals surface area contributed by atoms with Crippen LogP contribution in [0.3, 0.4) is 0 Å². The second kappa shape index (κ2) is 7.36. The van der Waals surface area contributed by atoms with E-state index in [0.717, 1.165) is 11.8 Å². The second-order valence-corrected chi connectivity index (χ2v) is 6.74. The Morgan fingerprint density at radius 3 is 2.76 bits per heavy atom. The number of rotatable bonds is 6. The first-order valence-corrected chi connectivity index (χ1v) is 8.09. The molecular weight excluding hydrogens is 266 g/mol. The Kier molecular flexibility index (Phi) is 5.76. The number of methoxy groups -OCH3 is 1. The molecule has 0 spiro atoms. The van der Waals surface area contributed by atoms with E-state index in [9.17, 15) is 0 Å². The molecule has 0 saturated heterocycles. The van der Waals surface area contributed by atoms with Crippen LogP contribution < -0.4 is 5.32 Å². The molecule has 1 fully saturated rings. The van der Waals surface area contributed by atoms with Crippen molar-refractivity contribution in [2.24, 2.45) is 17.8 Å². The van der Waals surface area contributed by atoms with E-state index in [1.165, 1.54) is 19.3 Å². The van der Waals surface area contributed by atoms with Crippen LogP contribution in [0.1, 0.15) is 64.8 Å². The minimum absolute atomic E-state index is 0.124. The molecule has 0 radical (unpaired) electrons. The topological polar surface area (TPSA) is 60.2 Å². The van der Waals surface area contributed by atoms with Gasteiger partial charge in [0, 0.05) is 13.2 Å². The summed E-state index contributed by atoms with van der Waals surface area (Å²) in [4.78, 5) is 4.39. The zero-order valence-electron chi connectivity index (χ0n) is 13.9. The normalized spacial score (nSPS) is 28.0. The summed E-state index contributed by atoms with van der Waals surface area (Å²) in [6.45, 7) is 9.54. The number of nitrogens with zero attached hydrogens (tertiary/aromatic N) is 2. The van der Waals surface area contributed by atoms with Gasteiger partial charge in [0.1, 0.15) is 6.10 Å². The third kappa shape index (κ3) is 4.27. The maximum atomic E-state index is 5.30. The minimum atomic E-state index is -0.124. The van der Waals surface area contributed by atoms with Crippen LogP contribution in [0.15, 0.2) is 4.52 Å². The van der Waals surface area contributed by atoms with Crippen LogP contribution in [0.25, 0.3) is 0 Å². The smallest absolute Gasteiger partial charge is 0.240 e. The van der Waals surface area contributed by atoms with Crippen LogP contribution in [0.2, 0.25) is 0 Å². The Bertz CT molecular complexity index is 433. The van der Waals surface area contributed by atoms with E-state index in [0.29, 0.717) is 30.2 Å². The summed E-state index contributed by atoms with van der Waals surface area (Å²) in [6.07, 6.45) is 3.77. The standard InChI is InChI=1S/C16H29N3O2/c1-10(2)13-7-6-11(3)8-14(13)17-9-15-18-16(19-21-15)12(4)20-5/h10-14,17H,6-9H2,1-5H3/t11-,12+,13+,14+/m0/s1. The molecule has 1 saturated carbocycles. The minimum Gasteiger partial charge on any atom is -0.374 e.